The van der Waals surface area contributed by atoms with Crippen LogP contribution in [-0.2, 0) is 14.6 Å². The molecule has 0 saturated heterocycles. The van der Waals surface area contributed by atoms with E-state index in [9.17, 15) is 13.2 Å². The average Bonchev–Trinajstić information content (AvgIpc) is 2.53. The van der Waals surface area contributed by atoms with Gasteiger partial charge in [0.15, 0.2) is 9.84 Å². The Hall–Kier alpha value is -0.620. The molecular formula is C12H24N2O3S. The fourth-order valence-corrected chi connectivity index (χ4v) is 4.55. The van der Waals surface area contributed by atoms with Gasteiger partial charge in [0.1, 0.15) is 5.75 Å². The molecule has 106 valence electrons. The van der Waals surface area contributed by atoms with Crippen LogP contribution in [0.5, 0.6) is 0 Å². The highest BCUT2D eigenvalue weighted by Crippen LogP contribution is 2.24. The van der Waals surface area contributed by atoms with E-state index in [4.69, 9.17) is 0 Å². The summed E-state index contributed by atoms with van der Waals surface area (Å²) in [5, 5.41) is 5.22. The lowest BCUT2D eigenvalue weighted by atomic mass is 10.1. The number of nitrogens with one attached hydrogen (secondary N) is 2. The fourth-order valence-electron chi connectivity index (χ4n) is 2.57. The van der Waals surface area contributed by atoms with E-state index in [1.54, 1.807) is 14.0 Å². The molecule has 1 aliphatic carbocycles. The summed E-state index contributed by atoms with van der Waals surface area (Å²) in [6.45, 7) is 2.25. The third-order valence-corrected chi connectivity index (χ3v) is 5.64. The molecule has 2 N–H and O–H groups in total. The first-order valence-electron chi connectivity index (χ1n) is 6.66. The number of carbonyl (C=O) groups excluding carboxylic acids is 1. The van der Waals surface area contributed by atoms with Crippen molar-refractivity contribution in [3.8, 4) is 0 Å². The lowest BCUT2D eigenvalue weighted by Crippen LogP contribution is -2.45. The zero-order valence-corrected chi connectivity index (χ0v) is 12.1. The molecular weight excluding hydrogens is 252 g/mol. The molecule has 2 atom stereocenters. The normalized spacial score (nSPS) is 25.4. The quantitative estimate of drug-likeness (QED) is 0.715. The minimum absolute atomic E-state index is 0.0214. The van der Waals surface area contributed by atoms with Crippen LogP contribution in [0.2, 0.25) is 0 Å². The Labute approximate surface area is 110 Å². The van der Waals surface area contributed by atoms with Crippen molar-refractivity contribution in [3.05, 3.63) is 0 Å². The van der Waals surface area contributed by atoms with Crippen molar-refractivity contribution in [2.45, 2.75) is 50.3 Å². The molecule has 1 amide bonds. The summed E-state index contributed by atoms with van der Waals surface area (Å²) >= 11 is 0. The first-order valence-corrected chi connectivity index (χ1v) is 8.38. The van der Waals surface area contributed by atoms with E-state index >= 15 is 0 Å². The van der Waals surface area contributed by atoms with Crippen molar-refractivity contribution in [1.29, 1.82) is 0 Å². The average molecular weight is 276 g/mol. The van der Waals surface area contributed by atoms with Crippen molar-refractivity contribution < 1.29 is 13.2 Å². The van der Waals surface area contributed by atoms with Crippen molar-refractivity contribution >= 4 is 15.7 Å². The monoisotopic (exact) mass is 276 g/mol. The summed E-state index contributed by atoms with van der Waals surface area (Å²) < 4.78 is 24.6. The van der Waals surface area contributed by atoms with Gasteiger partial charge in [-0.15, -0.1) is 0 Å². The number of sulfone groups is 1. The van der Waals surface area contributed by atoms with Crippen molar-refractivity contribution in [2.24, 2.45) is 0 Å². The molecule has 0 aliphatic heterocycles. The Morgan fingerprint density at radius 3 is 2.50 bits per heavy atom. The SMILES string of the molecule is CCNC(=O)CS(=O)(=O)C1CCCCCC1NC. The van der Waals surface area contributed by atoms with E-state index in [1.165, 1.54) is 0 Å². The maximum absolute atomic E-state index is 12.3. The highest BCUT2D eigenvalue weighted by atomic mass is 32.2. The topological polar surface area (TPSA) is 75.3 Å². The van der Waals surface area contributed by atoms with Gasteiger partial charge in [0, 0.05) is 12.6 Å². The van der Waals surface area contributed by atoms with Crippen LogP contribution in [-0.4, -0.2) is 45.0 Å². The lowest BCUT2D eigenvalue weighted by Gasteiger charge is -2.24. The zero-order valence-electron chi connectivity index (χ0n) is 11.2. The van der Waals surface area contributed by atoms with Gasteiger partial charge in [-0.05, 0) is 26.8 Å². The molecule has 0 aromatic carbocycles. The Kier molecular flexibility index (Phi) is 6.08. The Morgan fingerprint density at radius 1 is 1.22 bits per heavy atom. The van der Waals surface area contributed by atoms with E-state index in [0.717, 1.165) is 25.7 Å². The van der Waals surface area contributed by atoms with Gasteiger partial charge >= 0.3 is 0 Å². The fraction of sp³-hybridized carbons (Fsp3) is 0.917. The molecule has 0 spiro atoms. The van der Waals surface area contributed by atoms with Crippen LogP contribution >= 0.6 is 0 Å². The number of hydrogen-bond acceptors (Lipinski definition) is 4. The first-order chi connectivity index (χ1) is 8.51. The van der Waals surface area contributed by atoms with Crippen LogP contribution in [0.1, 0.15) is 39.0 Å². The maximum Gasteiger partial charge on any atom is 0.235 e. The first kappa shape index (κ1) is 15.4. The molecule has 1 rings (SSSR count). The third-order valence-electron chi connectivity index (χ3n) is 3.49. The predicted molar refractivity (Wildman–Crippen MR) is 72.2 cm³/mol. The summed E-state index contributed by atoms with van der Waals surface area (Å²) in [5.74, 6) is -0.777. The van der Waals surface area contributed by atoms with Crippen molar-refractivity contribution in [3.63, 3.8) is 0 Å². The minimum atomic E-state index is -3.36. The second-order valence-electron chi connectivity index (χ2n) is 4.83. The maximum atomic E-state index is 12.3. The van der Waals surface area contributed by atoms with E-state index in [0.29, 0.717) is 13.0 Å². The van der Waals surface area contributed by atoms with Gasteiger partial charge in [0.25, 0.3) is 0 Å². The summed E-state index contributed by atoms with van der Waals surface area (Å²) in [5.41, 5.74) is 0. The molecule has 0 bridgehead atoms. The molecule has 18 heavy (non-hydrogen) atoms. The molecule has 5 nitrogen and oxygen atoms in total. The highest BCUT2D eigenvalue weighted by molar-refractivity contribution is 7.92. The molecule has 0 radical (unpaired) electrons. The lowest BCUT2D eigenvalue weighted by molar-refractivity contribution is -0.118. The van der Waals surface area contributed by atoms with E-state index in [1.807, 2.05) is 0 Å². The predicted octanol–water partition coefficient (Wildman–Crippen LogP) is 0.458. The van der Waals surface area contributed by atoms with Crippen LogP contribution < -0.4 is 10.6 Å². The van der Waals surface area contributed by atoms with Gasteiger partial charge in [-0.3, -0.25) is 4.79 Å². The number of hydrogen-bond donors (Lipinski definition) is 2. The van der Waals surface area contributed by atoms with Gasteiger partial charge in [-0.2, -0.15) is 0 Å². The molecule has 6 heteroatoms. The molecule has 1 aliphatic rings. The Morgan fingerprint density at radius 2 is 1.89 bits per heavy atom. The second-order valence-corrected chi connectivity index (χ2v) is 7.05. The smallest absolute Gasteiger partial charge is 0.235 e. The molecule has 1 fully saturated rings. The van der Waals surface area contributed by atoms with Gasteiger partial charge < -0.3 is 10.6 Å². The Balaban J connectivity index is 2.76. The van der Waals surface area contributed by atoms with Gasteiger partial charge in [-0.25, -0.2) is 8.42 Å². The third kappa shape index (κ3) is 4.24. The van der Waals surface area contributed by atoms with Gasteiger partial charge in [-0.1, -0.05) is 19.3 Å². The Bertz CT molecular complexity index is 368. The molecule has 0 aromatic heterocycles. The number of rotatable bonds is 5. The minimum Gasteiger partial charge on any atom is -0.356 e. The van der Waals surface area contributed by atoms with Crippen LogP contribution in [0.4, 0.5) is 0 Å². The number of carbonyl (C=O) groups is 1. The van der Waals surface area contributed by atoms with Crippen LogP contribution in [0.15, 0.2) is 0 Å². The van der Waals surface area contributed by atoms with Crippen LogP contribution in [0.25, 0.3) is 0 Å². The summed E-state index contributed by atoms with van der Waals surface area (Å²) in [7, 11) is -1.57. The summed E-state index contributed by atoms with van der Waals surface area (Å²) in [4.78, 5) is 11.5. The summed E-state index contributed by atoms with van der Waals surface area (Å²) in [6, 6.07) is -0.0214. The van der Waals surface area contributed by atoms with E-state index < -0.39 is 21.0 Å². The molecule has 1 saturated carbocycles. The zero-order chi connectivity index (χ0) is 13.6. The van der Waals surface area contributed by atoms with Crippen molar-refractivity contribution in [2.75, 3.05) is 19.3 Å². The summed E-state index contributed by atoms with van der Waals surface area (Å²) in [6.07, 6.45) is 4.59. The standard InChI is InChI=1S/C12H24N2O3S/c1-3-14-12(15)9-18(16,17)11-8-6-4-5-7-10(11)13-2/h10-11,13H,3-9H2,1-2H3,(H,14,15). The van der Waals surface area contributed by atoms with Crippen LogP contribution in [0.3, 0.4) is 0 Å². The highest BCUT2D eigenvalue weighted by Gasteiger charge is 2.34. The van der Waals surface area contributed by atoms with Gasteiger partial charge in [0.2, 0.25) is 5.91 Å². The molecule has 0 aromatic rings. The molecule has 2 unspecified atom stereocenters. The second kappa shape index (κ2) is 7.09. The van der Waals surface area contributed by atoms with Crippen LogP contribution in [0, 0.1) is 0 Å². The largest absolute Gasteiger partial charge is 0.356 e. The van der Waals surface area contributed by atoms with E-state index in [-0.39, 0.29) is 11.8 Å². The van der Waals surface area contributed by atoms with Crippen molar-refractivity contribution in [1.82, 2.24) is 10.6 Å². The van der Waals surface area contributed by atoms with E-state index in [2.05, 4.69) is 10.6 Å². The molecule has 0 heterocycles. The number of amides is 1. The van der Waals surface area contributed by atoms with Gasteiger partial charge in [0.05, 0.1) is 5.25 Å².